The van der Waals surface area contributed by atoms with Crippen LogP contribution in [0.2, 0.25) is 0 Å². The van der Waals surface area contributed by atoms with Crippen molar-refractivity contribution < 1.29 is 4.79 Å². The van der Waals surface area contributed by atoms with Crippen LogP contribution in [0.5, 0.6) is 0 Å². The van der Waals surface area contributed by atoms with Crippen molar-refractivity contribution in [2.24, 2.45) is 0 Å². The molecule has 4 aromatic rings. The van der Waals surface area contributed by atoms with Crippen LogP contribution in [0.3, 0.4) is 0 Å². The van der Waals surface area contributed by atoms with E-state index in [1.54, 1.807) is 42.9 Å². The third-order valence-electron chi connectivity index (χ3n) is 5.81. The predicted molar refractivity (Wildman–Crippen MR) is 140 cm³/mol. The monoisotopic (exact) mass is 460 g/mol. The van der Waals surface area contributed by atoms with Crippen LogP contribution in [0.1, 0.15) is 39.7 Å². The van der Waals surface area contributed by atoms with Crippen molar-refractivity contribution in [1.82, 2.24) is 19.9 Å². The largest absolute Gasteiger partial charge is 0.309 e. The molecular weight excluding hydrogens is 436 g/mol. The second-order valence-corrected chi connectivity index (χ2v) is 8.05. The lowest BCUT2D eigenvalue weighted by Crippen LogP contribution is -2.25. The molecule has 0 unspecified atom stereocenters. The van der Waals surface area contributed by atoms with Gasteiger partial charge in [0.1, 0.15) is 5.82 Å². The zero-order valence-corrected chi connectivity index (χ0v) is 19.5. The van der Waals surface area contributed by atoms with Gasteiger partial charge in [-0.3, -0.25) is 14.8 Å². The number of rotatable bonds is 5. The molecule has 1 aliphatic heterocycles. The summed E-state index contributed by atoms with van der Waals surface area (Å²) in [6, 6.07) is 13.5. The quantitative estimate of drug-likeness (QED) is 0.399. The molecule has 7 nitrogen and oxygen atoms in total. The number of carbonyl (C=O) groups is 1. The first-order valence-electron chi connectivity index (χ1n) is 11.4. The fourth-order valence-electron chi connectivity index (χ4n) is 3.96. The first-order valence-corrected chi connectivity index (χ1v) is 11.4. The maximum atomic E-state index is 13.5. The second-order valence-electron chi connectivity index (χ2n) is 8.05. The van der Waals surface area contributed by atoms with E-state index in [2.05, 4.69) is 9.97 Å². The number of aromatic nitrogens is 4. The Morgan fingerprint density at radius 3 is 2.09 bits per heavy atom. The number of pyridine rings is 4. The van der Waals surface area contributed by atoms with Crippen LogP contribution in [0.4, 0.5) is 17.3 Å². The van der Waals surface area contributed by atoms with E-state index in [1.165, 1.54) is 0 Å². The maximum absolute atomic E-state index is 13.5. The maximum Gasteiger partial charge on any atom is 0.261 e. The number of anilines is 3. The van der Waals surface area contributed by atoms with Crippen LogP contribution >= 0.6 is 0 Å². The lowest BCUT2D eigenvalue weighted by atomic mass is 10.1. The van der Waals surface area contributed by atoms with E-state index in [4.69, 9.17) is 9.97 Å². The number of amides is 1. The Kier molecular flexibility index (Phi) is 6.13. The third kappa shape index (κ3) is 4.56. The summed E-state index contributed by atoms with van der Waals surface area (Å²) in [6.07, 6.45) is 16.7. The molecule has 0 aromatic carbocycles. The molecule has 0 aliphatic carbocycles. The first kappa shape index (κ1) is 22.2. The van der Waals surface area contributed by atoms with Gasteiger partial charge in [-0.2, -0.15) is 0 Å². The Hall–Kier alpha value is -4.65. The van der Waals surface area contributed by atoms with E-state index >= 15 is 0 Å². The van der Waals surface area contributed by atoms with Gasteiger partial charge in [0, 0.05) is 44.6 Å². The van der Waals surface area contributed by atoms with E-state index in [0.717, 1.165) is 28.1 Å². The van der Waals surface area contributed by atoms with Gasteiger partial charge in [-0.05, 0) is 72.2 Å². The molecule has 1 aliphatic rings. The molecule has 5 rings (SSSR count). The van der Waals surface area contributed by atoms with Crippen LogP contribution in [-0.4, -0.2) is 39.4 Å². The fourth-order valence-corrected chi connectivity index (χ4v) is 3.96. The second kappa shape index (κ2) is 9.69. The molecule has 0 N–H and O–H groups in total. The highest BCUT2D eigenvalue weighted by Crippen LogP contribution is 2.38. The van der Waals surface area contributed by atoms with Gasteiger partial charge in [-0.15, -0.1) is 0 Å². The van der Waals surface area contributed by atoms with E-state index in [9.17, 15) is 4.79 Å². The van der Waals surface area contributed by atoms with Gasteiger partial charge >= 0.3 is 0 Å². The normalized spacial score (nSPS) is 13.3. The van der Waals surface area contributed by atoms with Crippen LogP contribution in [0.15, 0.2) is 73.4 Å². The van der Waals surface area contributed by atoms with Gasteiger partial charge in [-0.1, -0.05) is 18.2 Å². The average Bonchev–Trinajstić information content (AvgIpc) is 3.00. The van der Waals surface area contributed by atoms with Crippen molar-refractivity contribution in [3.05, 3.63) is 101 Å². The summed E-state index contributed by atoms with van der Waals surface area (Å²) in [5.41, 5.74) is 4.98. The molecule has 0 atom stereocenters. The third-order valence-corrected chi connectivity index (χ3v) is 5.81. The Balaban J connectivity index is 1.53. The van der Waals surface area contributed by atoms with E-state index < -0.39 is 0 Å². The standard InChI is InChI=1S/C28H24N6O/c1-3-34-26-24(18-22(19-31-26)5-4-20-10-14-29-15-11-20)28(35)33(2)25-9-8-23(32-27(25)34)7-6-21-12-16-30-17-13-21/h4-19H,3H2,1-2H3/b5-4+,7-6+. The van der Waals surface area contributed by atoms with Gasteiger partial charge in [0.25, 0.3) is 5.91 Å². The van der Waals surface area contributed by atoms with Gasteiger partial charge in [0.15, 0.2) is 5.82 Å². The molecule has 0 fully saturated rings. The summed E-state index contributed by atoms with van der Waals surface area (Å²) in [5.74, 6) is 1.18. The number of carbonyl (C=O) groups excluding carboxylic acids is 1. The van der Waals surface area contributed by atoms with Crippen molar-refractivity contribution in [1.29, 1.82) is 0 Å². The lowest BCUT2D eigenvalue weighted by Gasteiger charge is -2.23. The fraction of sp³-hybridized carbons (Fsp3) is 0.107. The molecule has 7 heteroatoms. The molecule has 172 valence electrons. The van der Waals surface area contributed by atoms with Crippen LogP contribution in [-0.2, 0) is 0 Å². The summed E-state index contributed by atoms with van der Waals surface area (Å²) < 4.78 is 0. The highest BCUT2D eigenvalue weighted by Gasteiger charge is 2.30. The Morgan fingerprint density at radius 2 is 1.43 bits per heavy atom. The molecule has 5 heterocycles. The zero-order valence-electron chi connectivity index (χ0n) is 19.5. The molecular formula is C28H24N6O. The molecule has 0 spiro atoms. The summed E-state index contributed by atoms with van der Waals surface area (Å²) in [5, 5.41) is 0. The van der Waals surface area contributed by atoms with Crippen LogP contribution in [0.25, 0.3) is 24.3 Å². The van der Waals surface area contributed by atoms with Crippen molar-refractivity contribution in [3.63, 3.8) is 0 Å². The molecule has 1 amide bonds. The summed E-state index contributed by atoms with van der Waals surface area (Å²) >= 11 is 0. The molecule has 4 aromatic heterocycles. The predicted octanol–water partition coefficient (Wildman–Crippen LogP) is 5.36. The Labute approximate surface area is 204 Å². The number of fused-ring (bicyclic) bond motifs is 2. The summed E-state index contributed by atoms with van der Waals surface area (Å²) in [4.78, 5) is 34.8. The van der Waals surface area contributed by atoms with Crippen molar-refractivity contribution in [2.45, 2.75) is 6.92 Å². The minimum absolute atomic E-state index is 0.120. The van der Waals surface area contributed by atoms with Crippen molar-refractivity contribution >= 4 is 47.5 Å². The van der Waals surface area contributed by atoms with Gasteiger partial charge < -0.3 is 9.80 Å². The molecule has 0 bridgehead atoms. The Bertz CT molecular complexity index is 1420. The molecule has 35 heavy (non-hydrogen) atoms. The minimum Gasteiger partial charge on any atom is -0.309 e. The van der Waals surface area contributed by atoms with Crippen molar-refractivity contribution in [2.75, 3.05) is 23.4 Å². The van der Waals surface area contributed by atoms with Gasteiger partial charge in [0.2, 0.25) is 0 Å². The van der Waals surface area contributed by atoms with Crippen molar-refractivity contribution in [3.8, 4) is 0 Å². The van der Waals surface area contributed by atoms with E-state index in [1.807, 2.05) is 78.6 Å². The van der Waals surface area contributed by atoms with Crippen LogP contribution in [0, 0.1) is 0 Å². The zero-order chi connectivity index (χ0) is 24.2. The highest BCUT2D eigenvalue weighted by atomic mass is 16.2. The van der Waals surface area contributed by atoms with E-state index in [0.29, 0.717) is 23.7 Å². The topological polar surface area (TPSA) is 75.1 Å². The Morgan fingerprint density at radius 1 is 0.800 bits per heavy atom. The minimum atomic E-state index is -0.120. The lowest BCUT2D eigenvalue weighted by molar-refractivity contribution is 0.0994. The first-order chi connectivity index (χ1) is 17.1. The average molecular weight is 461 g/mol. The highest BCUT2D eigenvalue weighted by molar-refractivity contribution is 6.13. The van der Waals surface area contributed by atoms with Crippen LogP contribution < -0.4 is 9.80 Å². The summed E-state index contributed by atoms with van der Waals surface area (Å²) in [7, 11) is 1.78. The van der Waals surface area contributed by atoms with Gasteiger partial charge in [-0.25, -0.2) is 9.97 Å². The smallest absolute Gasteiger partial charge is 0.261 e. The molecule has 0 saturated heterocycles. The number of hydrogen-bond donors (Lipinski definition) is 0. The number of nitrogens with zero attached hydrogens (tertiary/aromatic N) is 6. The summed E-state index contributed by atoms with van der Waals surface area (Å²) in [6.45, 7) is 2.65. The SMILES string of the molecule is CCN1c2ncc(/C=C/c3ccncc3)cc2C(=O)N(C)c2ccc(/C=C/c3ccncc3)nc21. The van der Waals surface area contributed by atoms with Gasteiger partial charge in [0.05, 0.1) is 16.9 Å². The number of hydrogen-bond acceptors (Lipinski definition) is 6. The van der Waals surface area contributed by atoms with E-state index in [-0.39, 0.29) is 5.91 Å². The molecule has 0 saturated carbocycles. The molecule has 0 radical (unpaired) electrons.